The van der Waals surface area contributed by atoms with Crippen LogP contribution >= 0.6 is 11.6 Å². The van der Waals surface area contributed by atoms with Crippen molar-refractivity contribution in [2.75, 3.05) is 0 Å². The van der Waals surface area contributed by atoms with E-state index in [0.29, 0.717) is 0 Å². The number of hydrogen-bond donors (Lipinski definition) is 0. The van der Waals surface area contributed by atoms with Gasteiger partial charge in [-0.25, -0.2) is 8.42 Å². The molecule has 0 fully saturated rings. The molecule has 88 valence electrons. The Kier molecular flexibility index (Phi) is 6.18. The normalized spacial score (nSPS) is 12.6. The third-order valence-corrected chi connectivity index (χ3v) is 4.71. The Balaban J connectivity index is 0.00000256. The summed E-state index contributed by atoms with van der Waals surface area (Å²) in [7, 11) is -3.92. The van der Waals surface area contributed by atoms with Gasteiger partial charge in [0.1, 0.15) is 5.25 Å². The van der Waals surface area contributed by atoms with E-state index in [2.05, 4.69) is 0 Å². The predicted molar refractivity (Wildman–Crippen MR) is 57.8 cm³/mol. The molecule has 0 N–H and O–H groups in total. The molecule has 17 heavy (non-hydrogen) atoms. The second kappa shape index (κ2) is 6.20. The van der Waals surface area contributed by atoms with Gasteiger partial charge >= 0.3 is 29.6 Å². The van der Waals surface area contributed by atoms with E-state index in [1.165, 1.54) is 18.2 Å². The number of halogens is 1. The van der Waals surface area contributed by atoms with Gasteiger partial charge in [0.25, 0.3) is 0 Å². The van der Waals surface area contributed by atoms with Gasteiger partial charge in [-0.1, -0.05) is 17.7 Å². The van der Waals surface area contributed by atoms with Crippen LogP contribution in [0.15, 0.2) is 23.1 Å². The number of rotatable bonds is 3. The Morgan fingerprint density at radius 3 is 2.35 bits per heavy atom. The van der Waals surface area contributed by atoms with Gasteiger partial charge in [0.2, 0.25) is 0 Å². The van der Waals surface area contributed by atoms with Crippen molar-refractivity contribution in [2.24, 2.45) is 0 Å². The summed E-state index contributed by atoms with van der Waals surface area (Å²) in [6.07, 6.45) is 0. The molecule has 1 unspecified atom stereocenters. The van der Waals surface area contributed by atoms with Crippen LogP contribution in [0.4, 0.5) is 0 Å². The average molecular weight is 285 g/mol. The Morgan fingerprint density at radius 1 is 1.41 bits per heavy atom. The maximum absolute atomic E-state index is 11.8. The van der Waals surface area contributed by atoms with Crippen LogP contribution in [0, 0.1) is 6.92 Å². The third kappa shape index (κ3) is 3.69. The predicted octanol–water partition coefficient (Wildman–Crippen LogP) is -2.44. The standard InChI is InChI=1S/C10H11ClO4S.Na/c1-6-3-4-8(5-9(6)11)16(14,15)7(2)10(12)13;/h3-5,7H,1-2H3,(H,12,13);/q;+1/p-1. The Bertz CT molecular complexity index is 527. The van der Waals surface area contributed by atoms with Gasteiger partial charge in [-0.05, 0) is 31.5 Å². The van der Waals surface area contributed by atoms with Gasteiger partial charge in [-0.3, -0.25) is 0 Å². The molecule has 1 aromatic rings. The number of carbonyl (C=O) groups is 1. The summed E-state index contributed by atoms with van der Waals surface area (Å²) in [6, 6.07) is 4.10. The maximum atomic E-state index is 11.8. The van der Waals surface area contributed by atoms with E-state index < -0.39 is 21.1 Å². The molecule has 0 saturated carbocycles. The quantitative estimate of drug-likeness (QED) is 0.578. The number of benzene rings is 1. The van der Waals surface area contributed by atoms with Gasteiger partial charge in [-0.15, -0.1) is 0 Å². The maximum Gasteiger partial charge on any atom is 1.00 e. The van der Waals surface area contributed by atoms with E-state index >= 15 is 0 Å². The first-order chi connectivity index (χ1) is 7.26. The summed E-state index contributed by atoms with van der Waals surface area (Å²) in [6.45, 7) is 2.79. The summed E-state index contributed by atoms with van der Waals surface area (Å²) >= 11 is 5.78. The van der Waals surface area contributed by atoms with Crippen molar-refractivity contribution in [2.45, 2.75) is 24.0 Å². The van der Waals surface area contributed by atoms with Crippen LogP contribution in [0.1, 0.15) is 12.5 Å². The Hall–Kier alpha value is -0.0700. The molecule has 0 heterocycles. The van der Waals surface area contributed by atoms with E-state index in [1.54, 1.807) is 6.92 Å². The van der Waals surface area contributed by atoms with Crippen molar-refractivity contribution in [3.8, 4) is 0 Å². The van der Waals surface area contributed by atoms with E-state index in [9.17, 15) is 18.3 Å². The summed E-state index contributed by atoms with van der Waals surface area (Å²) in [5.74, 6) is -1.63. The number of aliphatic carboxylic acids is 1. The van der Waals surface area contributed by atoms with Crippen molar-refractivity contribution in [3.05, 3.63) is 28.8 Å². The first-order valence-electron chi connectivity index (χ1n) is 4.47. The summed E-state index contributed by atoms with van der Waals surface area (Å²) in [4.78, 5) is 10.4. The molecular weight excluding hydrogens is 275 g/mol. The van der Waals surface area contributed by atoms with E-state index in [-0.39, 0.29) is 39.5 Å². The monoisotopic (exact) mass is 284 g/mol. The van der Waals surface area contributed by atoms with E-state index in [1.807, 2.05) is 0 Å². The van der Waals surface area contributed by atoms with Crippen molar-refractivity contribution >= 4 is 27.4 Å². The molecule has 0 aliphatic heterocycles. The number of carboxylic acids is 1. The van der Waals surface area contributed by atoms with Gasteiger partial charge in [0, 0.05) is 5.02 Å². The first kappa shape index (κ1) is 16.9. The second-order valence-electron chi connectivity index (χ2n) is 3.42. The molecule has 0 radical (unpaired) electrons. The smallest absolute Gasteiger partial charge is 0.549 e. The summed E-state index contributed by atoms with van der Waals surface area (Å²) < 4.78 is 23.5. The number of carboxylic acid groups (broad SMARTS) is 1. The molecule has 1 atom stereocenters. The van der Waals surface area contributed by atoms with Crippen molar-refractivity contribution in [3.63, 3.8) is 0 Å². The minimum absolute atomic E-state index is 0. The summed E-state index contributed by atoms with van der Waals surface area (Å²) in [5, 5.41) is 9.24. The Labute approximate surface area is 127 Å². The minimum Gasteiger partial charge on any atom is -0.549 e. The van der Waals surface area contributed by atoms with Crippen LogP contribution in [0.5, 0.6) is 0 Å². The zero-order valence-corrected chi connectivity index (χ0v) is 13.3. The number of sulfone groups is 1. The van der Waals surface area contributed by atoms with Crippen LogP contribution in [0.2, 0.25) is 5.02 Å². The zero-order valence-electron chi connectivity index (χ0n) is 9.73. The molecule has 0 saturated heterocycles. The first-order valence-corrected chi connectivity index (χ1v) is 6.40. The fourth-order valence-electron chi connectivity index (χ4n) is 1.08. The molecule has 0 aliphatic carbocycles. The van der Waals surface area contributed by atoms with Crippen LogP contribution < -0.4 is 34.7 Å². The number of carbonyl (C=O) groups excluding carboxylic acids is 1. The van der Waals surface area contributed by atoms with Crippen LogP contribution in [0.3, 0.4) is 0 Å². The molecular formula is C10H10ClNaO4S. The van der Waals surface area contributed by atoms with Crippen LogP contribution in [0.25, 0.3) is 0 Å². The third-order valence-electron chi connectivity index (χ3n) is 2.27. The zero-order chi connectivity index (χ0) is 12.5. The van der Waals surface area contributed by atoms with E-state index in [0.717, 1.165) is 12.5 Å². The molecule has 0 amide bonds. The molecule has 1 rings (SSSR count). The Morgan fingerprint density at radius 2 is 1.94 bits per heavy atom. The molecule has 7 heteroatoms. The van der Waals surface area contributed by atoms with Gasteiger partial charge in [0.05, 0.1) is 10.9 Å². The van der Waals surface area contributed by atoms with Crippen LogP contribution in [-0.2, 0) is 14.6 Å². The molecule has 1 aromatic carbocycles. The van der Waals surface area contributed by atoms with Crippen molar-refractivity contribution in [1.82, 2.24) is 0 Å². The minimum atomic E-state index is -3.92. The molecule has 0 aliphatic rings. The second-order valence-corrected chi connectivity index (χ2v) is 6.09. The average Bonchev–Trinajstić information content (AvgIpc) is 2.20. The largest absolute Gasteiger partial charge is 1.00 e. The molecule has 0 spiro atoms. The fraction of sp³-hybridized carbons (Fsp3) is 0.300. The number of hydrogen-bond acceptors (Lipinski definition) is 4. The van der Waals surface area contributed by atoms with Crippen molar-refractivity contribution in [1.29, 1.82) is 0 Å². The molecule has 4 nitrogen and oxygen atoms in total. The summed E-state index contributed by atoms with van der Waals surface area (Å²) in [5.41, 5.74) is 0.724. The molecule has 0 bridgehead atoms. The number of aryl methyl sites for hydroxylation is 1. The van der Waals surface area contributed by atoms with Gasteiger partial charge in [0.15, 0.2) is 9.84 Å². The topological polar surface area (TPSA) is 74.3 Å². The van der Waals surface area contributed by atoms with Crippen molar-refractivity contribution < 1.29 is 47.9 Å². The van der Waals surface area contributed by atoms with Crippen LogP contribution in [-0.4, -0.2) is 19.6 Å². The van der Waals surface area contributed by atoms with E-state index in [4.69, 9.17) is 11.6 Å². The fourth-order valence-corrected chi connectivity index (χ4v) is 2.53. The molecule has 0 aromatic heterocycles. The SMILES string of the molecule is Cc1ccc(S(=O)(=O)C(C)C(=O)[O-])cc1Cl.[Na+]. The van der Waals surface area contributed by atoms with Gasteiger partial charge in [-0.2, -0.15) is 0 Å². The van der Waals surface area contributed by atoms with Gasteiger partial charge < -0.3 is 9.90 Å².